The first kappa shape index (κ1) is 16.7. The van der Waals surface area contributed by atoms with Crippen molar-refractivity contribution < 1.29 is 4.79 Å². The second kappa shape index (κ2) is 7.62. The third-order valence-electron chi connectivity index (χ3n) is 4.81. The molecule has 1 N–H and O–H groups in total. The molecule has 5 nitrogen and oxygen atoms in total. The van der Waals surface area contributed by atoms with Crippen LogP contribution >= 0.6 is 0 Å². The van der Waals surface area contributed by atoms with Gasteiger partial charge in [0.1, 0.15) is 0 Å². The predicted molar refractivity (Wildman–Crippen MR) is 95.5 cm³/mol. The first-order chi connectivity index (χ1) is 11.7. The lowest BCUT2D eigenvalue weighted by Gasteiger charge is -2.31. The van der Waals surface area contributed by atoms with Gasteiger partial charge in [-0.3, -0.25) is 4.79 Å². The van der Waals surface area contributed by atoms with Crippen LogP contribution in [0.5, 0.6) is 0 Å². The monoisotopic (exact) mass is 326 g/mol. The maximum absolute atomic E-state index is 12.8. The van der Waals surface area contributed by atoms with E-state index in [2.05, 4.69) is 10.4 Å². The van der Waals surface area contributed by atoms with Crippen molar-refractivity contribution in [1.29, 1.82) is 0 Å². The summed E-state index contributed by atoms with van der Waals surface area (Å²) in [6, 6.07) is 11.8. The van der Waals surface area contributed by atoms with Crippen LogP contribution in [0.4, 0.5) is 0 Å². The van der Waals surface area contributed by atoms with Gasteiger partial charge in [0.15, 0.2) is 5.69 Å². The quantitative estimate of drug-likeness (QED) is 0.919. The summed E-state index contributed by atoms with van der Waals surface area (Å²) < 4.78 is 1.84. The molecule has 5 heteroatoms. The molecule has 3 rings (SSSR count). The average Bonchev–Trinajstić information content (AvgIpc) is 3.02. The molecule has 0 spiro atoms. The number of amides is 1. The lowest BCUT2D eigenvalue weighted by molar-refractivity contribution is 0.0680. The summed E-state index contributed by atoms with van der Waals surface area (Å²) in [6.45, 7) is 4.72. The number of para-hydroxylation sites is 1. The Morgan fingerprint density at radius 1 is 1.25 bits per heavy atom. The maximum Gasteiger partial charge on any atom is 0.274 e. The van der Waals surface area contributed by atoms with Gasteiger partial charge in [0, 0.05) is 18.8 Å². The van der Waals surface area contributed by atoms with Crippen molar-refractivity contribution in [2.75, 3.05) is 26.7 Å². The smallest absolute Gasteiger partial charge is 0.274 e. The zero-order valence-corrected chi connectivity index (χ0v) is 14.5. The van der Waals surface area contributed by atoms with Crippen molar-refractivity contribution in [2.24, 2.45) is 5.92 Å². The third kappa shape index (κ3) is 3.67. The van der Waals surface area contributed by atoms with Gasteiger partial charge in [-0.25, -0.2) is 4.68 Å². The molecule has 0 saturated carbocycles. The standard InChI is InChI=1S/C19H26N4O/c1-15-14-18(21-23(15)17-6-4-3-5-7-17)19(24)22-12-9-16(10-13-22)8-11-20-2/h3-7,14,16,20H,8-13H2,1-2H3. The SMILES string of the molecule is CNCCC1CCN(C(=O)c2cc(C)n(-c3ccccc3)n2)CC1. The highest BCUT2D eigenvalue weighted by atomic mass is 16.2. The molecule has 2 aromatic rings. The van der Waals surface area contributed by atoms with Crippen LogP contribution < -0.4 is 5.32 Å². The highest BCUT2D eigenvalue weighted by Crippen LogP contribution is 2.22. The summed E-state index contributed by atoms with van der Waals surface area (Å²) in [6.07, 6.45) is 3.37. The van der Waals surface area contributed by atoms with Crippen molar-refractivity contribution in [3.63, 3.8) is 0 Å². The molecule has 0 atom stereocenters. The Morgan fingerprint density at radius 2 is 1.96 bits per heavy atom. The number of nitrogens with one attached hydrogen (secondary N) is 1. The molecule has 1 fully saturated rings. The van der Waals surface area contributed by atoms with E-state index in [1.165, 1.54) is 6.42 Å². The topological polar surface area (TPSA) is 50.2 Å². The predicted octanol–water partition coefficient (Wildman–Crippen LogP) is 2.64. The first-order valence-corrected chi connectivity index (χ1v) is 8.75. The van der Waals surface area contributed by atoms with Crippen molar-refractivity contribution in [2.45, 2.75) is 26.2 Å². The van der Waals surface area contributed by atoms with Gasteiger partial charge in [-0.2, -0.15) is 5.10 Å². The van der Waals surface area contributed by atoms with E-state index in [0.717, 1.165) is 49.8 Å². The van der Waals surface area contributed by atoms with Crippen LogP contribution in [0.2, 0.25) is 0 Å². The minimum absolute atomic E-state index is 0.0554. The van der Waals surface area contributed by atoms with E-state index in [1.54, 1.807) is 0 Å². The molecule has 128 valence electrons. The molecule has 1 aliphatic rings. The van der Waals surface area contributed by atoms with Crippen LogP contribution in [0, 0.1) is 12.8 Å². The number of piperidine rings is 1. The van der Waals surface area contributed by atoms with Crippen molar-refractivity contribution in [3.05, 3.63) is 47.8 Å². The van der Waals surface area contributed by atoms with Gasteiger partial charge in [-0.05, 0) is 63.9 Å². The Labute approximate surface area is 143 Å². The fourth-order valence-electron chi connectivity index (χ4n) is 3.34. The summed E-state index contributed by atoms with van der Waals surface area (Å²) in [5.41, 5.74) is 2.51. The minimum Gasteiger partial charge on any atom is -0.337 e. The second-order valence-corrected chi connectivity index (χ2v) is 6.55. The number of aryl methyl sites for hydroxylation is 1. The van der Waals surface area contributed by atoms with Gasteiger partial charge in [-0.15, -0.1) is 0 Å². The number of likely N-dealkylation sites (tertiary alicyclic amines) is 1. The van der Waals surface area contributed by atoms with Gasteiger partial charge < -0.3 is 10.2 Å². The molecule has 24 heavy (non-hydrogen) atoms. The Balaban J connectivity index is 1.66. The summed E-state index contributed by atoms with van der Waals surface area (Å²) in [7, 11) is 1.99. The van der Waals surface area contributed by atoms with Crippen molar-refractivity contribution >= 4 is 5.91 Å². The first-order valence-electron chi connectivity index (χ1n) is 8.75. The van der Waals surface area contributed by atoms with Gasteiger partial charge in [0.25, 0.3) is 5.91 Å². The Kier molecular flexibility index (Phi) is 5.30. The van der Waals surface area contributed by atoms with E-state index < -0.39 is 0 Å². The van der Waals surface area contributed by atoms with Crippen LogP contribution in [0.25, 0.3) is 5.69 Å². The molecule has 0 unspecified atom stereocenters. The van der Waals surface area contributed by atoms with Gasteiger partial charge in [0.2, 0.25) is 0 Å². The number of nitrogens with zero attached hydrogens (tertiary/aromatic N) is 3. The summed E-state index contributed by atoms with van der Waals surface area (Å²) >= 11 is 0. The third-order valence-corrected chi connectivity index (χ3v) is 4.81. The fourth-order valence-corrected chi connectivity index (χ4v) is 3.34. The lowest BCUT2D eigenvalue weighted by Crippen LogP contribution is -2.39. The van der Waals surface area contributed by atoms with E-state index in [4.69, 9.17) is 0 Å². The molecule has 0 bridgehead atoms. The van der Waals surface area contributed by atoms with Crippen LogP contribution in [0.1, 0.15) is 35.4 Å². The van der Waals surface area contributed by atoms with Gasteiger partial charge in [0.05, 0.1) is 5.69 Å². The Bertz CT molecular complexity index is 672. The molecule has 0 radical (unpaired) electrons. The summed E-state index contributed by atoms with van der Waals surface area (Å²) in [5.74, 6) is 0.782. The maximum atomic E-state index is 12.8. The van der Waals surface area contributed by atoms with Crippen LogP contribution in [0.15, 0.2) is 36.4 Å². The molecule has 1 amide bonds. The fraction of sp³-hybridized carbons (Fsp3) is 0.474. The van der Waals surface area contributed by atoms with Crippen LogP contribution in [-0.4, -0.2) is 47.3 Å². The molecular formula is C19H26N4O. The molecule has 1 aliphatic heterocycles. The number of carbonyl (C=O) groups excluding carboxylic acids is 1. The number of hydrogen-bond donors (Lipinski definition) is 1. The van der Waals surface area contributed by atoms with Crippen LogP contribution in [-0.2, 0) is 0 Å². The minimum atomic E-state index is 0.0554. The Morgan fingerprint density at radius 3 is 2.62 bits per heavy atom. The molecule has 0 aliphatic carbocycles. The molecular weight excluding hydrogens is 300 g/mol. The van der Waals surface area contributed by atoms with Gasteiger partial charge in [-0.1, -0.05) is 18.2 Å². The number of rotatable bonds is 5. The van der Waals surface area contributed by atoms with Crippen molar-refractivity contribution in [1.82, 2.24) is 20.0 Å². The van der Waals surface area contributed by atoms with Crippen molar-refractivity contribution in [3.8, 4) is 5.69 Å². The highest BCUT2D eigenvalue weighted by Gasteiger charge is 2.25. The zero-order valence-electron chi connectivity index (χ0n) is 14.5. The lowest BCUT2D eigenvalue weighted by atomic mass is 9.93. The van der Waals surface area contributed by atoms with Gasteiger partial charge >= 0.3 is 0 Å². The average molecular weight is 326 g/mol. The number of benzene rings is 1. The van der Waals surface area contributed by atoms with E-state index in [1.807, 2.05) is 60.0 Å². The van der Waals surface area contributed by atoms with E-state index in [-0.39, 0.29) is 5.91 Å². The summed E-state index contributed by atoms with van der Waals surface area (Å²) in [5, 5.41) is 7.75. The van der Waals surface area contributed by atoms with Crippen LogP contribution in [0.3, 0.4) is 0 Å². The second-order valence-electron chi connectivity index (χ2n) is 6.55. The largest absolute Gasteiger partial charge is 0.337 e. The number of carbonyl (C=O) groups is 1. The Hall–Kier alpha value is -2.14. The summed E-state index contributed by atoms with van der Waals surface area (Å²) in [4.78, 5) is 14.7. The van der Waals surface area contributed by atoms with E-state index >= 15 is 0 Å². The van der Waals surface area contributed by atoms with E-state index in [0.29, 0.717) is 5.69 Å². The molecule has 1 aromatic heterocycles. The molecule has 1 aromatic carbocycles. The number of aromatic nitrogens is 2. The zero-order chi connectivity index (χ0) is 16.9. The normalized spacial score (nSPS) is 15.7. The molecule has 1 saturated heterocycles. The highest BCUT2D eigenvalue weighted by molar-refractivity contribution is 5.92. The molecule has 2 heterocycles. The number of hydrogen-bond acceptors (Lipinski definition) is 3. The van der Waals surface area contributed by atoms with E-state index in [9.17, 15) is 4.79 Å².